The lowest BCUT2D eigenvalue weighted by atomic mass is 10.1. The van der Waals surface area contributed by atoms with Crippen molar-refractivity contribution in [3.05, 3.63) is 48.0 Å². The van der Waals surface area contributed by atoms with Gasteiger partial charge in [-0.2, -0.15) is 0 Å². The molecule has 2 nitrogen and oxygen atoms in total. The third kappa shape index (κ3) is 1.94. The second kappa shape index (κ2) is 4.04. The maximum atomic E-state index is 8.85. The molecule has 0 aliphatic rings. The van der Waals surface area contributed by atoms with Gasteiger partial charge in [0.25, 0.3) is 0 Å². The van der Waals surface area contributed by atoms with E-state index in [0.717, 1.165) is 11.1 Å². The van der Waals surface area contributed by atoms with Crippen LogP contribution in [0.25, 0.3) is 0 Å². The molecule has 12 heavy (non-hydrogen) atoms. The summed E-state index contributed by atoms with van der Waals surface area (Å²) in [6, 6.07) is 7.40. The standard InChI is InChI=1S/C10H13NO/c1-2-10(11)9-5-3-4-8(6-9)7-12/h2-6,10,12H,1,7,11H2. The molecule has 0 radical (unpaired) electrons. The van der Waals surface area contributed by atoms with E-state index in [2.05, 4.69) is 6.58 Å². The van der Waals surface area contributed by atoms with Crippen LogP contribution in [0, 0.1) is 0 Å². The van der Waals surface area contributed by atoms with Crippen LogP contribution in [0.4, 0.5) is 0 Å². The average molecular weight is 163 g/mol. The summed E-state index contributed by atoms with van der Waals surface area (Å²) < 4.78 is 0. The van der Waals surface area contributed by atoms with E-state index < -0.39 is 0 Å². The molecule has 64 valence electrons. The van der Waals surface area contributed by atoms with Gasteiger partial charge in [-0.15, -0.1) is 6.58 Å². The number of benzene rings is 1. The minimum atomic E-state index is -0.142. The van der Waals surface area contributed by atoms with Gasteiger partial charge in [-0.05, 0) is 11.1 Å². The van der Waals surface area contributed by atoms with Gasteiger partial charge in [0.2, 0.25) is 0 Å². The number of nitrogens with two attached hydrogens (primary N) is 1. The first-order valence-electron chi connectivity index (χ1n) is 3.85. The van der Waals surface area contributed by atoms with Crippen LogP contribution in [0.3, 0.4) is 0 Å². The predicted molar refractivity (Wildman–Crippen MR) is 49.5 cm³/mol. The molecule has 0 aromatic heterocycles. The van der Waals surface area contributed by atoms with Crippen molar-refractivity contribution in [3.8, 4) is 0 Å². The molecule has 0 aliphatic carbocycles. The van der Waals surface area contributed by atoms with E-state index in [0.29, 0.717) is 0 Å². The van der Waals surface area contributed by atoms with Gasteiger partial charge in [0.15, 0.2) is 0 Å². The first-order chi connectivity index (χ1) is 5.77. The lowest BCUT2D eigenvalue weighted by Crippen LogP contribution is -2.06. The fourth-order valence-electron chi connectivity index (χ4n) is 1.03. The van der Waals surface area contributed by atoms with E-state index in [1.807, 2.05) is 24.3 Å². The Labute approximate surface area is 72.3 Å². The molecular formula is C10H13NO. The van der Waals surface area contributed by atoms with Crippen molar-refractivity contribution in [3.63, 3.8) is 0 Å². The Morgan fingerprint density at radius 3 is 2.92 bits per heavy atom. The van der Waals surface area contributed by atoms with E-state index in [1.165, 1.54) is 0 Å². The summed E-state index contributed by atoms with van der Waals surface area (Å²) in [6.45, 7) is 3.66. The summed E-state index contributed by atoms with van der Waals surface area (Å²) in [5, 5.41) is 8.85. The van der Waals surface area contributed by atoms with Gasteiger partial charge >= 0.3 is 0 Å². The highest BCUT2D eigenvalue weighted by Crippen LogP contribution is 2.12. The molecule has 0 fully saturated rings. The van der Waals surface area contributed by atoms with Gasteiger partial charge in [0.1, 0.15) is 0 Å². The smallest absolute Gasteiger partial charge is 0.0681 e. The molecule has 0 saturated carbocycles. The molecule has 1 aromatic carbocycles. The zero-order chi connectivity index (χ0) is 8.97. The van der Waals surface area contributed by atoms with Gasteiger partial charge in [0, 0.05) is 6.04 Å². The first kappa shape index (κ1) is 8.97. The molecule has 0 saturated heterocycles. The monoisotopic (exact) mass is 163 g/mol. The van der Waals surface area contributed by atoms with Gasteiger partial charge in [0.05, 0.1) is 6.61 Å². The molecule has 1 rings (SSSR count). The van der Waals surface area contributed by atoms with Crippen LogP contribution in [0.5, 0.6) is 0 Å². The molecule has 2 heteroatoms. The number of aliphatic hydroxyl groups excluding tert-OH is 1. The molecule has 0 spiro atoms. The summed E-state index contributed by atoms with van der Waals surface area (Å²) >= 11 is 0. The Morgan fingerprint density at radius 2 is 2.33 bits per heavy atom. The predicted octanol–water partition coefficient (Wildman–Crippen LogP) is 1.36. The summed E-state index contributed by atoms with van der Waals surface area (Å²) in [7, 11) is 0. The van der Waals surface area contributed by atoms with Gasteiger partial charge in [-0.3, -0.25) is 0 Å². The summed E-state index contributed by atoms with van der Waals surface area (Å²) in [6.07, 6.45) is 1.68. The van der Waals surface area contributed by atoms with E-state index in [1.54, 1.807) is 6.08 Å². The fraction of sp³-hybridized carbons (Fsp3) is 0.200. The average Bonchev–Trinajstić information content (AvgIpc) is 2.17. The molecule has 0 heterocycles. The van der Waals surface area contributed by atoms with Crippen LogP contribution in [0.15, 0.2) is 36.9 Å². The number of aliphatic hydroxyl groups is 1. The van der Waals surface area contributed by atoms with Crippen LogP contribution >= 0.6 is 0 Å². The van der Waals surface area contributed by atoms with E-state index in [-0.39, 0.29) is 12.6 Å². The third-order valence-electron chi connectivity index (χ3n) is 1.77. The van der Waals surface area contributed by atoms with E-state index >= 15 is 0 Å². The SMILES string of the molecule is C=CC(N)c1cccc(CO)c1. The van der Waals surface area contributed by atoms with Crippen molar-refractivity contribution in [2.45, 2.75) is 12.6 Å². The van der Waals surface area contributed by atoms with Crippen LogP contribution in [-0.2, 0) is 6.61 Å². The molecule has 0 bridgehead atoms. The van der Waals surface area contributed by atoms with Crippen LogP contribution in [0.2, 0.25) is 0 Å². The Hall–Kier alpha value is -1.12. The molecule has 1 atom stereocenters. The van der Waals surface area contributed by atoms with Crippen LogP contribution in [-0.4, -0.2) is 5.11 Å². The Balaban J connectivity index is 2.93. The lowest BCUT2D eigenvalue weighted by Gasteiger charge is -2.07. The summed E-state index contributed by atoms with van der Waals surface area (Å²) in [4.78, 5) is 0. The van der Waals surface area contributed by atoms with Crippen LogP contribution < -0.4 is 5.73 Å². The highest BCUT2D eigenvalue weighted by atomic mass is 16.3. The van der Waals surface area contributed by atoms with Crippen molar-refractivity contribution in [1.82, 2.24) is 0 Å². The third-order valence-corrected chi connectivity index (χ3v) is 1.77. The molecule has 0 aliphatic heterocycles. The molecule has 0 amide bonds. The topological polar surface area (TPSA) is 46.2 Å². The Morgan fingerprint density at radius 1 is 1.58 bits per heavy atom. The molecule has 1 unspecified atom stereocenters. The van der Waals surface area contributed by atoms with Gasteiger partial charge < -0.3 is 10.8 Å². The summed E-state index contributed by atoms with van der Waals surface area (Å²) in [5.41, 5.74) is 7.58. The summed E-state index contributed by atoms with van der Waals surface area (Å²) in [5.74, 6) is 0. The number of hydrogen-bond acceptors (Lipinski definition) is 2. The second-order valence-electron chi connectivity index (χ2n) is 2.66. The van der Waals surface area contributed by atoms with Crippen LogP contribution in [0.1, 0.15) is 17.2 Å². The molecule has 3 N–H and O–H groups in total. The van der Waals surface area contributed by atoms with Gasteiger partial charge in [-0.1, -0.05) is 30.3 Å². The van der Waals surface area contributed by atoms with Gasteiger partial charge in [-0.25, -0.2) is 0 Å². The van der Waals surface area contributed by atoms with E-state index in [4.69, 9.17) is 10.8 Å². The van der Waals surface area contributed by atoms with E-state index in [9.17, 15) is 0 Å². The second-order valence-corrected chi connectivity index (χ2v) is 2.66. The maximum absolute atomic E-state index is 8.85. The zero-order valence-corrected chi connectivity index (χ0v) is 6.90. The Kier molecular flexibility index (Phi) is 3.02. The highest BCUT2D eigenvalue weighted by Gasteiger charge is 2.00. The van der Waals surface area contributed by atoms with Crippen molar-refractivity contribution in [2.75, 3.05) is 0 Å². The first-order valence-corrected chi connectivity index (χ1v) is 3.85. The normalized spacial score (nSPS) is 12.5. The lowest BCUT2D eigenvalue weighted by molar-refractivity contribution is 0.281. The highest BCUT2D eigenvalue weighted by molar-refractivity contribution is 5.27. The van der Waals surface area contributed by atoms with Crippen molar-refractivity contribution in [1.29, 1.82) is 0 Å². The zero-order valence-electron chi connectivity index (χ0n) is 6.90. The molecular weight excluding hydrogens is 150 g/mol. The quantitative estimate of drug-likeness (QED) is 0.661. The fourth-order valence-corrected chi connectivity index (χ4v) is 1.03. The number of rotatable bonds is 3. The van der Waals surface area contributed by atoms with Crippen molar-refractivity contribution >= 4 is 0 Å². The van der Waals surface area contributed by atoms with Crippen molar-refractivity contribution < 1.29 is 5.11 Å². The largest absolute Gasteiger partial charge is 0.392 e. The molecule has 1 aromatic rings. The number of hydrogen-bond donors (Lipinski definition) is 2. The van der Waals surface area contributed by atoms with Crippen molar-refractivity contribution in [2.24, 2.45) is 5.73 Å². The maximum Gasteiger partial charge on any atom is 0.0681 e. The minimum absolute atomic E-state index is 0.0533. The minimum Gasteiger partial charge on any atom is -0.392 e. The Bertz CT molecular complexity index is 270.